The average Bonchev–Trinajstić information content (AvgIpc) is 3.54. The van der Waals surface area contributed by atoms with Gasteiger partial charge in [0.25, 0.3) is 11.8 Å². The first-order valence-corrected chi connectivity index (χ1v) is 11.0. The lowest BCUT2D eigenvalue weighted by atomic mass is 10.0. The minimum Gasteiger partial charge on any atom is -0.364 e. The molecule has 0 spiro atoms. The number of primary amides is 1. The number of carbonyl (C=O) groups is 2. The number of anilines is 1. The minimum absolute atomic E-state index is 0.182. The van der Waals surface area contributed by atoms with Gasteiger partial charge in [-0.25, -0.2) is 9.36 Å². The van der Waals surface area contributed by atoms with Gasteiger partial charge in [-0.1, -0.05) is 42.5 Å². The maximum absolute atomic E-state index is 13.4. The summed E-state index contributed by atoms with van der Waals surface area (Å²) < 4.78 is 3.26. The van der Waals surface area contributed by atoms with E-state index in [2.05, 4.69) is 10.4 Å². The molecule has 0 radical (unpaired) electrons. The van der Waals surface area contributed by atoms with Crippen LogP contribution in [0.4, 0.5) is 5.69 Å². The molecule has 8 heteroatoms. The molecular formula is C27H22N6O2. The molecule has 0 aliphatic carbocycles. The highest BCUT2D eigenvalue weighted by molar-refractivity contribution is 6.08. The van der Waals surface area contributed by atoms with Crippen LogP contribution < -0.4 is 11.1 Å². The van der Waals surface area contributed by atoms with E-state index in [0.717, 1.165) is 22.5 Å². The third-order valence-electron chi connectivity index (χ3n) is 5.61. The summed E-state index contributed by atoms with van der Waals surface area (Å²) in [6.07, 6.45) is 3.40. The summed E-state index contributed by atoms with van der Waals surface area (Å²) in [5.41, 5.74) is 10.7. The Labute approximate surface area is 201 Å². The fourth-order valence-corrected chi connectivity index (χ4v) is 3.79. The molecule has 2 aromatic heterocycles. The van der Waals surface area contributed by atoms with Crippen LogP contribution in [0.1, 0.15) is 26.4 Å². The third kappa shape index (κ3) is 4.45. The topological polar surface area (TPSA) is 108 Å². The highest BCUT2D eigenvalue weighted by Crippen LogP contribution is 2.27. The smallest absolute Gasteiger partial charge is 0.269 e. The first-order chi connectivity index (χ1) is 17.0. The lowest BCUT2D eigenvalue weighted by Crippen LogP contribution is -2.13. The molecule has 3 N–H and O–H groups in total. The number of aryl methyl sites for hydroxylation is 1. The van der Waals surface area contributed by atoms with E-state index in [9.17, 15) is 9.59 Å². The number of aromatic nitrogens is 4. The largest absolute Gasteiger partial charge is 0.364 e. The minimum atomic E-state index is -0.590. The van der Waals surface area contributed by atoms with E-state index >= 15 is 0 Å². The molecule has 0 unspecified atom stereocenters. The van der Waals surface area contributed by atoms with E-state index in [1.165, 1.54) is 0 Å². The van der Waals surface area contributed by atoms with Gasteiger partial charge in [0.1, 0.15) is 11.4 Å². The first-order valence-electron chi connectivity index (χ1n) is 11.0. The van der Waals surface area contributed by atoms with E-state index in [-0.39, 0.29) is 11.6 Å². The van der Waals surface area contributed by atoms with Gasteiger partial charge in [-0.05, 0) is 55.0 Å². The summed E-state index contributed by atoms with van der Waals surface area (Å²) in [5, 5.41) is 11.9. The lowest BCUT2D eigenvalue weighted by Gasteiger charge is -2.08. The Balaban J connectivity index is 1.45. The van der Waals surface area contributed by atoms with Crippen molar-refractivity contribution in [2.75, 3.05) is 5.32 Å². The molecule has 2 amide bonds. The Kier molecular flexibility index (Phi) is 5.68. The SMILES string of the molecule is Cc1ccccc1-c1nn(-c2ccccc2)cc1C(=O)Nc1ccc(-n2ccc(C(N)=O)n2)cc1. The van der Waals surface area contributed by atoms with Crippen LogP contribution in [0.25, 0.3) is 22.6 Å². The van der Waals surface area contributed by atoms with E-state index in [1.807, 2.05) is 61.5 Å². The highest BCUT2D eigenvalue weighted by Gasteiger charge is 2.20. The zero-order valence-corrected chi connectivity index (χ0v) is 18.9. The lowest BCUT2D eigenvalue weighted by molar-refractivity contribution is 0.0993. The Morgan fingerprint density at radius 1 is 0.800 bits per heavy atom. The number of nitrogens with zero attached hydrogens (tertiary/aromatic N) is 4. The Bertz CT molecular complexity index is 1520. The molecule has 8 nitrogen and oxygen atoms in total. The second-order valence-corrected chi connectivity index (χ2v) is 8.00. The maximum atomic E-state index is 13.4. The average molecular weight is 463 g/mol. The van der Waals surface area contributed by atoms with Crippen LogP contribution in [0.3, 0.4) is 0 Å². The van der Waals surface area contributed by atoms with Crippen molar-refractivity contribution < 1.29 is 9.59 Å². The van der Waals surface area contributed by atoms with Crippen molar-refractivity contribution in [3.8, 4) is 22.6 Å². The standard InChI is InChI=1S/C27H22N6O2/c1-18-7-5-6-10-22(18)25-23(17-33(31-25)20-8-3-2-4-9-20)27(35)29-19-11-13-21(14-12-19)32-16-15-24(30-32)26(28)34/h2-17H,1H3,(H2,28,34)(H,29,35). The van der Waals surface area contributed by atoms with Gasteiger partial charge in [-0.15, -0.1) is 0 Å². The fourth-order valence-electron chi connectivity index (χ4n) is 3.79. The predicted octanol–water partition coefficient (Wildman–Crippen LogP) is 4.38. The van der Waals surface area contributed by atoms with Crippen molar-refractivity contribution in [3.63, 3.8) is 0 Å². The molecule has 0 fully saturated rings. The monoisotopic (exact) mass is 462 g/mol. The summed E-state index contributed by atoms with van der Waals surface area (Å²) >= 11 is 0. The number of para-hydroxylation sites is 1. The predicted molar refractivity (Wildman–Crippen MR) is 134 cm³/mol. The van der Waals surface area contributed by atoms with Crippen molar-refractivity contribution in [1.82, 2.24) is 19.6 Å². The zero-order chi connectivity index (χ0) is 24.4. The van der Waals surface area contributed by atoms with Gasteiger partial charge >= 0.3 is 0 Å². The number of benzene rings is 3. The van der Waals surface area contributed by atoms with Crippen LogP contribution in [0.15, 0.2) is 97.3 Å². The van der Waals surface area contributed by atoms with Crippen molar-refractivity contribution in [2.45, 2.75) is 6.92 Å². The molecule has 2 heterocycles. The number of nitrogens with one attached hydrogen (secondary N) is 1. The highest BCUT2D eigenvalue weighted by atomic mass is 16.2. The van der Waals surface area contributed by atoms with Crippen molar-refractivity contribution in [1.29, 1.82) is 0 Å². The quantitative estimate of drug-likeness (QED) is 0.390. The number of rotatable bonds is 6. The molecule has 5 aromatic rings. The van der Waals surface area contributed by atoms with Crippen LogP contribution in [0, 0.1) is 6.92 Å². The van der Waals surface area contributed by atoms with Crippen molar-refractivity contribution in [3.05, 3.63) is 114 Å². The van der Waals surface area contributed by atoms with E-state index < -0.39 is 5.91 Å². The van der Waals surface area contributed by atoms with Gasteiger partial charge in [0, 0.05) is 23.6 Å². The van der Waals surface area contributed by atoms with Gasteiger partial charge in [0.2, 0.25) is 0 Å². The van der Waals surface area contributed by atoms with E-state index in [4.69, 9.17) is 10.8 Å². The summed E-state index contributed by atoms with van der Waals surface area (Å²) in [5.74, 6) is -0.860. The van der Waals surface area contributed by atoms with Gasteiger partial charge in [0.15, 0.2) is 0 Å². The van der Waals surface area contributed by atoms with E-state index in [0.29, 0.717) is 16.9 Å². The summed E-state index contributed by atoms with van der Waals surface area (Å²) in [6, 6.07) is 26.2. The van der Waals surface area contributed by atoms with Gasteiger partial charge in [-0.3, -0.25) is 9.59 Å². The number of carbonyl (C=O) groups excluding carboxylic acids is 2. The van der Waals surface area contributed by atoms with Gasteiger partial charge in [0.05, 0.1) is 16.9 Å². The maximum Gasteiger partial charge on any atom is 0.269 e. The number of hydrogen-bond donors (Lipinski definition) is 2. The second kappa shape index (κ2) is 9.11. The number of amides is 2. The molecule has 0 aliphatic rings. The zero-order valence-electron chi connectivity index (χ0n) is 18.9. The van der Waals surface area contributed by atoms with Crippen molar-refractivity contribution >= 4 is 17.5 Å². The summed E-state index contributed by atoms with van der Waals surface area (Å²) in [7, 11) is 0. The fraction of sp³-hybridized carbons (Fsp3) is 0.0370. The molecule has 5 rings (SSSR count). The molecular weight excluding hydrogens is 440 g/mol. The number of nitrogens with two attached hydrogens (primary N) is 1. The second-order valence-electron chi connectivity index (χ2n) is 8.00. The molecule has 0 atom stereocenters. The number of hydrogen-bond acceptors (Lipinski definition) is 4. The molecule has 0 saturated carbocycles. The van der Waals surface area contributed by atoms with Crippen LogP contribution >= 0.6 is 0 Å². The summed E-state index contributed by atoms with van der Waals surface area (Å²) in [6.45, 7) is 2.00. The van der Waals surface area contributed by atoms with Gasteiger partial charge < -0.3 is 11.1 Å². The van der Waals surface area contributed by atoms with Crippen LogP contribution in [-0.2, 0) is 0 Å². The summed E-state index contributed by atoms with van der Waals surface area (Å²) in [4.78, 5) is 24.7. The first kappa shape index (κ1) is 21.8. The Hall–Kier alpha value is -4.98. The molecule has 3 aromatic carbocycles. The Morgan fingerprint density at radius 3 is 2.17 bits per heavy atom. The molecule has 0 aliphatic heterocycles. The van der Waals surface area contributed by atoms with Crippen LogP contribution in [-0.4, -0.2) is 31.4 Å². The van der Waals surface area contributed by atoms with Crippen molar-refractivity contribution in [2.24, 2.45) is 5.73 Å². The normalized spacial score (nSPS) is 10.8. The molecule has 0 saturated heterocycles. The van der Waals surface area contributed by atoms with Crippen LogP contribution in [0.2, 0.25) is 0 Å². The Morgan fingerprint density at radius 2 is 1.49 bits per heavy atom. The molecule has 0 bridgehead atoms. The van der Waals surface area contributed by atoms with Crippen LogP contribution in [0.5, 0.6) is 0 Å². The molecule has 172 valence electrons. The third-order valence-corrected chi connectivity index (χ3v) is 5.61. The molecule has 35 heavy (non-hydrogen) atoms. The van der Waals surface area contributed by atoms with E-state index in [1.54, 1.807) is 52.1 Å². The van der Waals surface area contributed by atoms with Gasteiger partial charge in [-0.2, -0.15) is 10.2 Å².